The van der Waals surface area contributed by atoms with Crippen molar-refractivity contribution in [3.63, 3.8) is 0 Å². The van der Waals surface area contributed by atoms with Crippen LogP contribution in [-0.4, -0.2) is 42.3 Å². The van der Waals surface area contributed by atoms with Gasteiger partial charge in [-0.3, -0.25) is 9.59 Å². The fourth-order valence-corrected chi connectivity index (χ4v) is 1.78. The van der Waals surface area contributed by atoms with Crippen LogP contribution in [0.25, 0.3) is 0 Å². The second-order valence-electron chi connectivity index (χ2n) is 5.07. The molecule has 0 bridgehead atoms. The Balaban J connectivity index is 0.000000443. The molecule has 0 radical (unpaired) electrons. The minimum absolute atomic E-state index is 0. The largest absolute Gasteiger partial charge is 3.00 e. The summed E-state index contributed by atoms with van der Waals surface area (Å²) in [5, 5.41) is 0. The van der Waals surface area contributed by atoms with Gasteiger partial charge < -0.3 is 0 Å². The van der Waals surface area contributed by atoms with Crippen LogP contribution in [0.4, 0.5) is 0 Å². The van der Waals surface area contributed by atoms with E-state index in [2.05, 4.69) is 0 Å². The van der Waals surface area contributed by atoms with E-state index in [1.807, 2.05) is 36.4 Å². The minimum atomic E-state index is 0. The molecule has 0 aliphatic heterocycles. The summed E-state index contributed by atoms with van der Waals surface area (Å²) in [5.41, 5.74) is 1.40. The number of carbonyl (C=O) groups excluding carboxylic acids is 4. The van der Waals surface area contributed by atoms with Crippen molar-refractivity contribution in [3.05, 3.63) is 84.6 Å². The number of hydrogen-bond donors (Lipinski definition) is 0. The molecule has 120 valence electrons. The Morgan fingerprint density at radius 3 is 1.12 bits per heavy atom. The molecule has 4 N–H and O–H groups in total. The van der Waals surface area contributed by atoms with E-state index in [-0.39, 0.29) is 58.7 Å². The maximum absolute atomic E-state index is 9.37. The second kappa shape index (κ2) is 12.4. The quantitative estimate of drug-likeness (QED) is 0.272. The van der Waals surface area contributed by atoms with Gasteiger partial charge in [-0.15, -0.1) is 0 Å². The SMILES string of the molecule is CC(=[OH+])[CH+]C(=[OH+])c1ccccc1.CC(=[OH+])[CH+]C(=[OH+])c1ccccc1.[La+3]. The molecule has 4 nitrogen and oxygen atoms in total. The Kier molecular flexibility index (Phi) is 11.5. The zero-order valence-electron chi connectivity index (χ0n) is 14.3. The average molecular weight is 465 g/mol. The van der Waals surface area contributed by atoms with E-state index in [9.17, 15) is 9.59 Å². The Morgan fingerprint density at radius 1 is 0.600 bits per heavy atom. The molecule has 2 aromatic carbocycles. The molecule has 2 rings (SSSR count). The molecule has 5 heteroatoms. The van der Waals surface area contributed by atoms with Gasteiger partial charge in [0, 0.05) is 24.3 Å². The van der Waals surface area contributed by atoms with Gasteiger partial charge in [0.2, 0.25) is 11.1 Å². The first-order valence-corrected chi connectivity index (χ1v) is 7.37. The van der Waals surface area contributed by atoms with E-state index in [4.69, 9.17) is 9.59 Å². The first-order valence-electron chi connectivity index (χ1n) is 7.37. The molecular weight excluding hydrogens is 443 g/mol. The number of ketones is 4. The summed E-state index contributed by atoms with van der Waals surface area (Å²) in [6.45, 7) is 3.03. The van der Waals surface area contributed by atoms with Crippen molar-refractivity contribution >= 4 is 23.1 Å². The Morgan fingerprint density at radius 2 is 0.880 bits per heavy atom. The molecule has 0 aliphatic rings. The van der Waals surface area contributed by atoms with Gasteiger partial charge in [-0.25, -0.2) is 9.59 Å². The molecule has 0 aliphatic carbocycles. The maximum Gasteiger partial charge on any atom is 3.00 e. The summed E-state index contributed by atoms with van der Waals surface area (Å²) in [5.74, 6) is 0.346. The summed E-state index contributed by atoms with van der Waals surface area (Å²) in [6.07, 6.45) is 2.63. The summed E-state index contributed by atoms with van der Waals surface area (Å²) >= 11 is 0. The molecule has 0 spiro atoms. The van der Waals surface area contributed by atoms with Gasteiger partial charge in [-0.1, -0.05) is 12.1 Å². The average Bonchev–Trinajstić information content (AvgIpc) is 2.56. The van der Waals surface area contributed by atoms with Gasteiger partial charge in [0.1, 0.15) is 0 Å². The smallest absolute Gasteiger partial charge is 0.259 e. The van der Waals surface area contributed by atoms with Crippen molar-refractivity contribution in [1.29, 1.82) is 0 Å². The van der Waals surface area contributed by atoms with Crippen LogP contribution in [0, 0.1) is 48.4 Å². The van der Waals surface area contributed by atoms with Gasteiger partial charge in [-0.05, 0) is 24.3 Å². The van der Waals surface area contributed by atoms with E-state index in [1.54, 1.807) is 24.3 Å². The molecule has 0 atom stereocenters. The molecule has 0 heterocycles. The molecule has 2 aromatic rings. The predicted molar refractivity (Wildman–Crippen MR) is 98.8 cm³/mol. The van der Waals surface area contributed by atoms with Crippen molar-refractivity contribution in [3.8, 4) is 0 Å². The maximum atomic E-state index is 9.37. The summed E-state index contributed by atoms with van der Waals surface area (Å²) in [7, 11) is 0. The van der Waals surface area contributed by atoms with E-state index in [1.165, 1.54) is 26.7 Å². The summed E-state index contributed by atoms with van der Waals surface area (Å²) in [6, 6.07) is 18.1. The van der Waals surface area contributed by atoms with Gasteiger partial charge in [0.15, 0.2) is 0 Å². The van der Waals surface area contributed by atoms with Crippen LogP contribution in [0.1, 0.15) is 25.0 Å². The minimum Gasteiger partial charge on any atom is -0.259 e. The van der Waals surface area contributed by atoms with E-state index >= 15 is 0 Å². The third-order valence-corrected chi connectivity index (χ3v) is 2.83. The fourth-order valence-electron chi connectivity index (χ4n) is 1.78. The van der Waals surface area contributed by atoms with Crippen LogP contribution >= 0.6 is 0 Å². The molecule has 0 saturated carbocycles. The Hall–Kier alpha value is -1.95. The molecule has 0 saturated heterocycles. The summed E-state index contributed by atoms with van der Waals surface area (Å²) < 4.78 is 0. The number of rotatable bonds is 6. The molecule has 0 fully saturated rings. The van der Waals surface area contributed by atoms with Crippen LogP contribution in [0.2, 0.25) is 0 Å². The first-order chi connectivity index (χ1) is 11.4. The van der Waals surface area contributed by atoms with Gasteiger partial charge in [0.05, 0.1) is 13.8 Å². The van der Waals surface area contributed by atoms with Crippen LogP contribution in [-0.2, 0) is 0 Å². The molecule has 25 heavy (non-hydrogen) atoms. The van der Waals surface area contributed by atoms with Crippen molar-refractivity contribution in [1.82, 2.24) is 0 Å². The monoisotopic (exact) mass is 465 g/mol. The zero-order valence-corrected chi connectivity index (χ0v) is 17.9. The van der Waals surface area contributed by atoms with Gasteiger partial charge in [-0.2, -0.15) is 0 Å². The third-order valence-electron chi connectivity index (χ3n) is 2.83. The summed E-state index contributed by atoms with van der Waals surface area (Å²) in [4.78, 5) is 36.5. The van der Waals surface area contributed by atoms with Crippen LogP contribution in [0.15, 0.2) is 60.7 Å². The molecule has 0 aromatic heterocycles. The van der Waals surface area contributed by atoms with E-state index < -0.39 is 0 Å². The molecule has 0 unspecified atom stereocenters. The van der Waals surface area contributed by atoms with Crippen LogP contribution in [0.5, 0.6) is 0 Å². The predicted octanol–water partition coefficient (Wildman–Crippen LogP) is 2.70. The van der Waals surface area contributed by atoms with E-state index in [0.717, 1.165) is 0 Å². The third kappa shape index (κ3) is 9.82. The van der Waals surface area contributed by atoms with Crippen molar-refractivity contribution in [2.45, 2.75) is 13.8 Å². The van der Waals surface area contributed by atoms with Crippen molar-refractivity contribution < 1.29 is 54.8 Å². The molecular formula is C20H22LaO4+9. The second-order valence-corrected chi connectivity index (χ2v) is 5.07. The van der Waals surface area contributed by atoms with Crippen molar-refractivity contribution in [2.75, 3.05) is 0 Å². The number of hydrogen-bond acceptors (Lipinski definition) is 0. The van der Waals surface area contributed by atoms with Crippen LogP contribution in [0.3, 0.4) is 0 Å². The topological polar surface area (TPSA) is 85.6 Å². The van der Waals surface area contributed by atoms with Crippen LogP contribution < -0.4 is 0 Å². The van der Waals surface area contributed by atoms with Gasteiger partial charge >= 0.3 is 58.7 Å². The first kappa shape index (κ1) is 23.1. The Bertz CT molecular complexity index is 645. The normalized spacial score (nSPS) is 8.72. The number of benzene rings is 2. The Labute approximate surface area is 175 Å². The standard InChI is InChI=1S/2C10H9O2.La/c2*1-8(11)7-10(12)9-5-3-2-4-6-9;/h2*2-7H,1H3;/q2*+1;+3/p+4. The van der Waals surface area contributed by atoms with Gasteiger partial charge in [0.25, 0.3) is 12.8 Å². The van der Waals surface area contributed by atoms with E-state index in [0.29, 0.717) is 11.1 Å². The van der Waals surface area contributed by atoms with Crippen molar-refractivity contribution in [2.24, 2.45) is 0 Å². The molecule has 0 amide bonds. The zero-order chi connectivity index (χ0) is 17.9. The fraction of sp³-hybridized carbons (Fsp3) is 0.100.